The SMILES string of the molecule is CC[C@H]1OC(=O)[C@H](C)C([C@H]2C[C@@](C)(OC)[C@@H](O)[C@H](C)O2)[C@H](C)[C@@H](O[C@@H]2O[C@H](C)C[C@H](N(C)C)[C@H]2O)[C@](C)(O)C[C@@H](C)CN(CCCCCC[PH](c2ccccc2)(c2ccccc2)c2ccccc2)[C@H](C)[C@@H](O)[C@]1(C)O. The van der Waals surface area contributed by atoms with Crippen LogP contribution in [-0.4, -0.2) is 166 Å². The predicted molar refractivity (Wildman–Crippen MR) is 302 cm³/mol. The van der Waals surface area contributed by atoms with Crippen molar-refractivity contribution in [2.24, 2.45) is 23.7 Å². The molecule has 14 heteroatoms. The van der Waals surface area contributed by atoms with Crippen LogP contribution < -0.4 is 15.9 Å². The second kappa shape index (κ2) is 26.4. The molecule has 3 fully saturated rings. The molecule has 3 heterocycles. The van der Waals surface area contributed by atoms with Crippen LogP contribution in [-0.2, 0) is 28.5 Å². The number of carbonyl (C=O) groups excluding carboxylic acids is 1. The maximum absolute atomic E-state index is 14.9. The predicted octanol–water partition coefficient (Wildman–Crippen LogP) is 6.83. The summed E-state index contributed by atoms with van der Waals surface area (Å²) in [6.45, 7) is 19.6. The Morgan fingerprint density at radius 3 is 1.83 bits per heavy atom. The summed E-state index contributed by atoms with van der Waals surface area (Å²) in [5.74, 6) is -3.02. The summed E-state index contributed by atoms with van der Waals surface area (Å²) >= 11 is 0. The van der Waals surface area contributed by atoms with Gasteiger partial charge in [0.2, 0.25) is 0 Å². The van der Waals surface area contributed by atoms with E-state index in [1.165, 1.54) is 15.9 Å². The molecule has 13 nitrogen and oxygen atoms in total. The maximum atomic E-state index is 14.9. The quantitative estimate of drug-likeness (QED) is 0.0576. The second-order valence-corrected chi connectivity index (χ2v) is 28.0. The molecule has 1 unspecified atom stereocenters. The molecular formula is C61H97N2O11P. The number of unbranched alkanes of at least 4 members (excludes halogenated alkanes) is 3. The van der Waals surface area contributed by atoms with Gasteiger partial charge in [-0.2, -0.15) is 0 Å². The van der Waals surface area contributed by atoms with E-state index in [9.17, 15) is 30.3 Å². The topological polar surface area (TPSA) is 171 Å². The Morgan fingerprint density at radius 1 is 0.760 bits per heavy atom. The number of hydrogen-bond donors (Lipinski definition) is 5. The zero-order valence-electron chi connectivity index (χ0n) is 47.7. The van der Waals surface area contributed by atoms with Crippen LogP contribution in [0.15, 0.2) is 91.0 Å². The number of likely N-dealkylation sites (N-methyl/N-ethyl adjacent to an activating group) is 1. The van der Waals surface area contributed by atoms with Gasteiger partial charge in [0.1, 0.15) is 12.2 Å². The normalized spacial score (nSPS) is 38.3. The van der Waals surface area contributed by atoms with E-state index in [0.717, 1.165) is 31.8 Å². The molecule has 5 N–H and O–H groups in total. The van der Waals surface area contributed by atoms with E-state index in [1.807, 2.05) is 53.6 Å². The molecule has 0 bridgehead atoms. The summed E-state index contributed by atoms with van der Waals surface area (Å²) in [5.41, 5.74) is -4.45. The number of methoxy groups -OCH3 is 1. The fourth-order valence-electron chi connectivity index (χ4n) is 13.6. The minimum absolute atomic E-state index is 0.170. The van der Waals surface area contributed by atoms with E-state index in [2.05, 4.69) is 103 Å². The summed E-state index contributed by atoms with van der Waals surface area (Å²) in [7, 11) is 2.99. The second-order valence-electron chi connectivity index (χ2n) is 24.0. The molecule has 422 valence electrons. The van der Waals surface area contributed by atoms with E-state index in [1.54, 1.807) is 34.8 Å². The molecule has 0 saturated carbocycles. The van der Waals surface area contributed by atoms with E-state index in [0.29, 0.717) is 19.5 Å². The third-order valence-corrected chi connectivity index (χ3v) is 23.0. The van der Waals surface area contributed by atoms with Gasteiger partial charge in [0.15, 0.2) is 6.29 Å². The molecule has 0 aromatic heterocycles. The van der Waals surface area contributed by atoms with Crippen LogP contribution in [0.5, 0.6) is 0 Å². The summed E-state index contributed by atoms with van der Waals surface area (Å²) < 4.78 is 32.4. The fraction of sp³-hybridized carbons (Fsp3) is 0.689. The van der Waals surface area contributed by atoms with E-state index >= 15 is 0 Å². The molecule has 0 spiro atoms. The number of aliphatic hydroxyl groups excluding tert-OH is 3. The van der Waals surface area contributed by atoms with E-state index < -0.39 is 103 Å². The molecule has 18 atom stereocenters. The fourth-order valence-corrected chi connectivity index (χ4v) is 18.5. The Hall–Kier alpha value is -2.88. The number of benzene rings is 3. The number of carbonyl (C=O) groups is 1. The van der Waals surface area contributed by atoms with Gasteiger partial charge < -0.3 is 34.1 Å². The molecule has 0 amide bonds. The Morgan fingerprint density at radius 2 is 1.31 bits per heavy atom. The molecule has 3 saturated heterocycles. The van der Waals surface area contributed by atoms with Crippen molar-refractivity contribution in [1.82, 2.24) is 9.80 Å². The Balaban J connectivity index is 1.32. The van der Waals surface area contributed by atoms with Gasteiger partial charge in [0, 0.05) is 25.5 Å². The van der Waals surface area contributed by atoms with Crippen molar-refractivity contribution in [3.8, 4) is 0 Å². The minimum atomic E-state index is -2.39. The average molecular weight is 1070 g/mol. The van der Waals surface area contributed by atoms with Gasteiger partial charge in [-0.05, 0) is 47.2 Å². The van der Waals surface area contributed by atoms with Crippen LogP contribution in [0.1, 0.15) is 121 Å². The first-order valence-corrected chi connectivity index (χ1v) is 30.4. The van der Waals surface area contributed by atoms with Crippen LogP contribution in [0, 0.1) is 23.7 Å². The van der Waals surface area contributed by atoms with Gasteiger partial charge in [-0.25, -0.2) is 0 Å². The summed E-state index contributed by atoms with van der Waals surface area (Å²) in [5, 5.41) is 65.4. The van der Waals surface area contributed by atoms with Gasteiger partial charge in [0.25, 0.3) is 0 Å². The first-order chi connectivity index (χ1) is 35.4. The van der Waals surface area contributed by atoms with Gasteiger partial charge in [-0.1, -0.05) is 20.8 Å². The molecule has 3 aromatic rings. The summed E-state index contributed by atoms with van der Waals surface area (Å²) in [6.07, 6.45) is -2.00. The van der Waals surface area contributed by atoms with E-state index in [-0.39, 0.29) is 37.3 Å². The standard InChI is InChI=1S/C61H97N2O11P/c1-14-51-61(10,69)54(65)44(6)63(34-26-15-16-27-35-75(46-28-20-17-21-29-46,47-30-22-18-23-31-47)48-32-24-19-25-33-48)39-40(2)37-59(8,68)56(74-58-53(64)49(62(11)12)36-41(3)71-58)42(4)52(43(5)57(67)73-51)50-38-60(9,70-13)55(66)45(7)72-50/h17-25,28-33,40-45,49-56,58,64-66,68-69,75H,14-16,26-27,34-39H2,1-13H3/t40-,41-,42+,43-,44-,45+,49+,50-,51-,52?,53-,54-,55+,56-,58+,59-,60-,61-/m1/s1. The van der Waals surface area contributed by atoms with Crippen molar-refractivity contribution in [1.29, 1.82) is 0 Å². The van der Waals surface area contributed by atoms with Crippen molar-refractivity contribution in [2.75, 3.05) is 40.5 Å². The number of nitrogens with zero attached hydrogens (tertiary/aromatic N) is 2. The van der Waals surface area contributed by atoms with Crippen molar-refractivity contribution < 1.29 is 54.0 Å². The Bertz CT molecular complexity index is 2090. The van der Waals surface area contributed by atoms with Gasteiger partial charge >= 0.3 is 272 Å². The van der Waals surface area contributed by atoms with Crippen LogP contribution in [0.3, 0.4) is 0 Å². The monoisotopic (exact) mass is 1060 g/mol. The van der Waals surface area contributed by atoms with Crippen LogP contribution in [0.4, 0.5) is 0 Å². The van der Waals surface area contributed by atoms with Gasteiger partial charge in [0.05, 0.1) is 29.8 Å². The molecular weight excluding hydrogens is 968 g/mol. The van der Waals surface area contributed by atoms with Crippen molar-refractivity contribution in [2.45, 2.75) is 205 Å². The number of aliphatic hydroxyl groups is 5. The number of hydrogen-bond acceptors (Lipinski definition) is 13. The number of esters is 1. The Labute approximate surface area is 451 Å². The zero-order chi connectivity index (χ0) is 55.0. The van der Waals surface area contributed by atoms with Crippen molar-refractivity contribution in [3.05, 3.63) is 91.0 Å². The van der Waals surface area contributed by atoms with Crippen LogP contribution in [0.2, 0.25) is 0 Å². The molecule has 3 aromatic carbocycles. The van der Waals surface area contributed by atoms with Crippen LogP contribution in [0.25, 0.3) is 0 Å². The number of rotatable bonds is 16. The van der Waals surface area contributed by atoms with Gasteiger partial charge in [-0.3, -0.25) is 4.79 Å². The van der Waals surface area contributed by atoms with Crippen molar-refractivity contribution >= 4 is 29.1 Å². The molecule has 3 aliphatic rings. The third kappa shape index (κ3) is 13.9. The molecule has 0 radical (unpaired) electrons. The Kier molecular flexibility index (Phi) is 21.6. The molecule has 3 aliphatic heterocycles. The number of ether oxygens (including phenoxy) is 5. The molecule has 0 aliphatic carbocycles. The van der Waals surface area contributed by atoms with Crippen LogP contribution >= 0.6 is 7.26 Å². The first-order valence-electron chi connectivity index (χ1n) is 28.2. The number of cyclic esters (lactones) is 1. The van der Waals surface area contributed by atoms with E-state index in [4.69, 9.17) is 23.7 Å². The first kappa shape index (κ1) is 61.3. The molecule has 75 heavy (non-hydrogen) atoms. The van der Waals surface area contributed by atoms with Crippen molar-refractivity contribution in [3.63, 3.8) is 0 Å². The zero-order valence-corrected chi connectivity index (χ0v) is 48.7. The average Bonchev–Trinajstić information content (AvgIpc) is 3.38. The molecule has 6 rings (SSSR count). The third-order valence-electron chi connectivity index (χ3n) is 17.9. The summed E-state index contributed by atoms with van der Waals surface area (Å²) in [4.78, 5) is 19.0. The summed E-state index contributed by atoms with van der Waals surface area (Å²) in [6, 6.07) is 32.2. The van der Waals surface area contributed by atoms with Gasteiger partial charge in [-0.15, -0.1) is 0 Å².